The maximum Gasteiger partial charge on any atom is 0.319 e. The second-order valence-electron chi connectivity index (χ2n) is 5.33. The van der Waals surface area contributed by atoms with Gasteiger partial charge in [0.25, 0.3) is 0 Å². The highest BCUT2D eigenvalue weighted by Crippen LogP contribution is 2.16. The van der Waals surface area contributed by atoms with E-state index >= 15 is 0 Å². The lowest BCUT2D eigenvalue weighted by Crippen LogP contribution is -2.37. The molecular weight excluding hydrogens is 298 g/mol. The zero-order chi connectivity index (χ0) is 15.9. The van der Waals surface area contributed by atoms with Crippen LogP contribution in [0.25, 0.3) is 0 Å². The van der Waals surface area contributed by atoms with Crippen LogP contribution in [0.5, 0.6) is 0 Å². The van der Waals surface area contributed by atoms with Crippen molar-refractivity contribution in [2.75, 3.05) is 26.0 Å². The van der Waals surface area contributed by atoms with E-state index in [4.69, 9.17) is 11.6 Å². The van der Waals surface area contributed by atoms with Gasteiger partial charge >= 0.3 is 6.03 Å². The Morgan fingerprint density at radius 3 is 2.50 bits per heavy atom. The van der Waals surface area contributed by atoms with Gasteiger partial charge in [0.15, 0.2) is 0 Å². The molecule has 0 aliphatic heterocycles. The van der Waals surface area contributed by atoms with Crippen LogP contribution in [0.4, 0.5) is 10.5 Å². The van der Waals surface area contributed by atoms with E-state index in [1.807, 2.05) is 49.3 Å². The molecule has 0 aliphatic rings. The summed E-state index contributed by atoms with van der Waals surface area (Å²) in [6.07, 6.45) is 0. The summed E-state index contributed by atoms with van der Waals surface area (Å²) >= 11 is 5.92. The Labute approximate surface area is 136 Å². The van der Waals surface area contributed by atoms with Crippen LogP contribution in [0.3, 0.4) is 0 Å². The van der Waals surface area contributed by atoms with Crippen LogP contribution in [-0.2, 0) is 0 Å². The van der Waals surface area contributed by atoms with Crippen LogP contribution in [0.1, 0.15) is 11.6 Å². The molecule has 0 saturated carbocycles. The third-order valence-corrected chi connectivity index (χ3v) is 3.37. The summed E-state index contributed by atoms with van der Waals surface area (Å²) in [5.41, 5.74) is 1.74. The van der Waals surface area contributed by atoms with Gasteiger partial charge in [-0.3, -0.25) is 0 Å². The van der Waals surface area contributed by atoms with Crippen molar-refractivity contribution < 1.29 is 4.79 Å². The van der Waals surface area contributed by atoms with E-state index in [2.05, 4.69) is 10.6 Å². The van der Waals surface area contributed by atoms with E-state index in [-0.39, 0.29) is 12.1 Å². The lowest BCUT2D eigenvalue weighted by Gasteiger charge is -2.23. The van der Waals surface area contributed by atoms with Gasteiger partial charge in [0, 0.05) is 17.3 Å². The molecule has 0 radical (unpaired) electrons. The number of carbonyl (C=O) groups excluding carboxylic acids is 1. The minimum Gasteiger partial charge on any atom is -0.330 e. The number of benzene rings is 2. The van der Waals surface area contributed by atoms with Crippen molar-refractivity contribution in [3.05, 3.63) is 65.2 Å². The fraction of sp³-hybridized carbons (Fsp3) is 0.235. The van der Waals surface area contributed by atoms with Crippen molar-refractivity contribution >= 4 is 23.3 Å². The minimum atomic E-state index is -0.252. The molecule has 0 bridgehead atoms. The van der Waals surface area contributed by atoms with E-state index < -0.39 is 0 Å². The predicted octanol–water partition coefficient (Wildman–Crippen LogP) is 3.76. The monoisotopic (exact) mass is 317 g/mol. The number of nitrogens with one attached hydrogen (secondary N) is 2. The van der Waals surface area contributed by atoms with Crippen molar-refractivity contribution in [3.63, 3.8) is 0 Å². The highest BCUT2D eigenvalue weighted by Gasteiger charge is 2.15. The summed E-state index contributed by atoms with van der Waals surface area (Å²) in [5.74, 6) is 0. The topological polar surface area (TPSA) is 44.4 Å². The molecule has 2 N–H and O–H groups in total. The molecule has 0 aliphatic carbocycles. The van der Waals surface area contributed by atoms with Crippen LogP contribution >= 0.6 is 11.6 Å². The molecular formula is C17H20ClN3O. The fourth-order valence-corrected chi connectivity index (χ4v) is 2.37. The molecule has 4 nitrogen and oxygen atoms in total. The average Bonchev–Trinajstić information content (AvgIpc) is 2.47. The van der Waals surface area contributed by atoms with Crippen molar-refractivity contribution in [1.29, 1.82) is 0 Å². The molecule has 1 unspecified atom stereocenters. The summed E-state index contributed by atoms with van der Waals surface area (Å²) in [5, 5.41) is 6.39. The van der Waals surface area contributed by atoms with E-state index in [9.17, 15) is 4.79 Å². The highest BCUT2D eigenvalue weighted by molar-refractivity contribution is 6.30. The normalized spacial score (nSPS) is 12.0. The molecule has 2 aromatic carbocycles. The quantitative estimate of drug-likeness (QED) is 0.881. The smallest absolute Gasteiger partial charge is 0.319 e. The van der Waals surface area contributed by atoms with E-state index in [1.165, 1.54) is 0 Å². The summed E-state index contributed by atoms with van der Waals surface area (Å²) in [7, 11) is 3.96. The number of anilines is 1. The first-order chi connectivity index (χ1) is 10.5. The third kappa shape index (κ3) is 5.06. The Morgan fingerprint density at radius 1 is 1.14 bits per heavy atom. The van der Waals surface area contributed by atoms with Gasteiger partial charge in [-0.2, -0.15) is 0 Å². The summed E-state index contributed by atoms with van der Waals surface area (Å²) in [4.78, 5) is 14.2. The second-order valence-corrected chi connectivity index (χ2v) is 5.77. The van der Waals surface area contributed by atoms with E-state index in [1.54, 1.807) is 24.3 Å². The van der Waals surface area contributed by atoms with Crippen molar-refractivity contribution in [2.24, 2.45) is 0 Å². The van der Waals surface area contributed by atoms with Gasteiger partial charge in [-0.1, -0.05) is 48.0 Å². The second kappa shape index (κ2) is 7.82. The molecule has 0 fully saturated rings. The molecule has 0 aromatic heterocycles. The van der Waals surface area contributed by atoms with Crippen molar-refractivity contribution in [3.8, 4) is 0 Å². The van der Waals surface area contributed by atoms with Gasteiger partial charge in [0.1, 0.15) is 0 Å². The number of hydrogen-bond donors (Lipinski definition) is 2. The first kappa shape index (κ1) is 16.3. The maximum absolute atomic E-state index is 12.2. The number of carbonyl (C=O) groups is 1. The Morgan fingerprint density at radius 2 is 1.86 bits per heavy atom. The number of amides is 2. The molecule has 22 heavy (non-hydrogen) atoms. The SMILES string of the molecule is CN(C)CC(NC(=O)Nc1cccc(Cl)c1)c1ccccc1. The minimum absolute atomic E-state index is 0.0876. The van der Waals surface area contributed by atoms with Crippen LogP contribution in [-0.4, -0.2) is 31.6 Å². The lowest BCUT2D eigenvalue weighted by molar-refractivity contribution is 0.244. The Balaban J connectivity index is 2.05. The number of rotatable bonds is 5. The van der Waals surface area contributed by atoms with Gasteiger partial charge in [0.2, 0.25) is 0 Å². The van der Waals surface area contributed by atoms with Gasteiger partial charge in [0.05, 0.1) is 6.04 Å². The van der Waals surface area contributed by atoms with Gasteiger partial charge < -0.3 is 15.5 Å². The highest BCUT2D eigenvalue weighted by atomic mass is 35.5. The maximum atomic E-state index is 12.2. The van der Waals surface area contributed by atoms with Crippen molar-refractivity contribution in [2.45, 2.75) is 6.04 Å². The first-order valence-electron chi connectivity index (χ1n) is 7.07. The molecule has 0 saturated heterocycles. The van der Waals surface area contributed by atoms with Gasteiger partial charge in [-0.15, -0.1) is 0 Å². The molecule has 1 atom stereocenters. The molecule has 2 aromatic rings. The largest absolute Gasteiger partial charge is 0.330 e. The molecule has 2 amide bonds. The van der Waals surface area contributed by atoms with E-state index in [0.29, 0.717) is 17.3 Å². The number of hydrogen-bond acceptors (Lipinski definition) is 2. The zero-order valence-corrected chi connectivity index (χ0v) is 13.5. The Bertz CT molecular complexity index is 616. The zero-order valence-electron chi connectivity index (χ0n) is 12.7. The number of likely N-dealkylation sites (N-methyl/N-ethyl adjacent to an activating group) is 1. The number of urea groups is 1. The number of nitrogens with zero attached hydrogens (tertiary/aromatic N) is 1. The predicted molar refractivity (Wildman–Crippen MR) is 91.3 cm³/mol. The summed E-state index contributed by atoms with van der Waals surface area (Å²) in [6, 6.07) is 16.6. The molecule has 2 rings (SSSR count). The van der Waals surface area contributed by atoms with Crippen LogP contribution in [0.15, 0.2) is 54.6 Å². The number of halogens is 1. The molecule has 5 heteroatoms. The third-order valence-electron chi connectivity index (χ3n) is 3.14. The summed E-state index contributed by atoms with van der Waals surface area (Å²) < 4.78 is 0. The fourth-order valence-electron chi connectivity index (χ4n) is 2.18. The Kier molecular flexibility index (Phi) is 5.81. The molecule has 0 spiro atoms. The standard InChI is InChI=1S/C17H20ClN3O/c1-21(2)12-16(13-7-4-3-5-8-13)20-17(22)19-15-10-6-9-14(18)11-15/h3-11,16H,12H2,1-2H3,(H2,19,20,22). The molecule has 116 valence electrons. The van der Waals surface area contributed by atoms with Crippen LogP contribution in [0.2, 0.25) is 5.02 Å². The van der Waals surface area contributed by atoms with Crippen molar-refractivity contribution in [1.82, 2.24) is 10.2 Å². The van der Waals surface area contributed by atoms with Crippen LogP contribution in [0, 0.1) is 0 Å². The lowest BCUT2D eigenvalue weighted by atomic mass is 10.1. The van der Waals surface area contributed by atoms with Crippen LogP contribution < -0.4 is 10.6 Å². The van der Waals surface area contributed by atoms with E-state index in [0.717, 1.165) is 5.56 Å². The van der Waals surface area contributed by atoms with Gasteiger partial charge in [-0.05, 0) is 37.9 Å². The van der Waals surface area contributed by atoms with Gasteiger partial charge in [-0.25, -0.2) is 4.79 Å². The molecule has 0 heterocycles. The average molecular weight is 318 g/mol. The Hall–Kier alpha value is -2.04. The first-order valence-corrected chi connectivity index (χ1v) is 7.45. The summed E-state index contributed by atoms with van der Waals surface area (Å²) in [6.45, 7) is 0.715.